The van der Waals surface area contributed by atoms with E-state index in [1.807, 2.05) is 24.3 Å². The highest BCUT2D eigenvalue weighted by Gasteiger charge is 2.48. The van der Waals surface area contributed by atoms with Gasteiger partial charge in [-0.3, -0.25) is 24.2 Å². The number of carbonyl (C=O) groups is 3. The van der Waals surface area contributed by atoms with Gasteiger partial charge in [-0.05, 0) is 24.0 Å². The lowest BCUT2D eigenvalue weighted by molar-refractivity contribution is -0.147. The fourth-order valence-electron chi connectivity index (χ4n) is 5.37. The van der Waals surface area contributed by atoms with Crippen molar-refractivity contribution in [3.8, 4) is 0 Å². The second kappa shape index (κ2) is 9.32. The zero-order valence-corrected chi connectivity index (χ0v) is 18.7. The topological polar surface area (TPSA) is 60.9 Å². The molecular weight excluding hydrogens is 414 g/mol. The first-order valence-corrected chi connectivity index (χ1v) is 11.8. The SMILES string of the molecule is O=C(CN1C(=O)C2CC=CCC2C1=O)N1CCN(C(c2ccccc2)c2ccccc2)CC1. The van der Waals surface area contributed by atoms with Crippen molar-refractivity contribution in [2.45, 2.75) is 18.9 Å². The Kier molecular flexibility index (Phi) is 6.09. The van der Waals surface area contributed by atoms with Crippen LogP contribution in [0.25, 0.3) is 0 Å². The number of imide groups is 1. The first-order valence-electron chi connectivity index (χ1n) is 11.8. The lowest BCUT2D eigenvalue weighted by Gasteiger charge is -2.40. The average molecular weight is 444 g/mol. The van der Waals surface area contributed by atoms with E-state index in [9.17, 15) is 14.4 Å². The second-order valence-electron chi connectivity index (χ2n) is 9.06. The molecule has 0 N–H and O–H groups in total. The van der Waals surface area contributed by atoms with Gasteiger partial charge >= 0.3 is 0 Å². The number of amides is 3. The van der Waals surface area contributed by atoms with E-state index in [0.717, 1.165) is 13.1 Å². The number of hydrogen-bond acceptors (Lipinski definition) is 4. The summed E-state index contributed by atoms with van der Waals surface area (Å²) in [6.45, 7) is 2.50. The van der Waals surface area contributed by atoms with Crippen LogP contribution in [0, 0.1) is 11.8 Å². The van der Waals surface area contributed by atoms with E-state index < -0.39 is 0 Å². The molecule has 0 spiro atoms. The maximum atomic E-state index is 13.0. The molecule has 6 heteroatoms. The predicted octanol–water partition coefficient (Wildman–Crippen LogP) is 2.87. The van der Waals surface area contributed by atoms with E-state index >= 15 is 0 Å². The number of benzene rings is 2. The van der Waals surface area contributed by atoms with Crippen LogP contribution in [0.3, 0.4) is 0 Å². The fourth-order valence-corrected chi connectivity index (χ4v) is 5.37. The molecule has 5 rings (SSSR count). The lowest BCUT2D eigenvalue weighted by Crippen LogP contribution is -2.52. The van der Waals surface area contributed by atoms with Crippen molar-refractivity contribution in [1.29, 1.82) is 0 Å². The van der Waals surface area contributed by atoms with Gasteiger partial charge in [0.15, 0.2) is 0 Å². The molecular formula is C27H29N3O3. The van der Waals surface area contributed by atoms with Crippen LogP contribution < -0.4 is 0 Å². The highest BCUT2D eigenvalue weighted by Crippen LogP contribution is 2.35. The molecule has 0 saturated carbocycles. The molecule has 2 aromatic rings. The third-order valence-corrected chi connectivity index (χ3v) is 7.15. The summed E-state index contributed by atoms with van der Waals surface area (Å²) in [6.07, 6.45) is 5.12. The van der Waals surface area contributed by atoms with Crippen LogP contribution in [0.5, 0.6) is 0 Å². The van der Waals surface area contributed by atoms with Gasteiger partial charge in [-0.1, -0.05) is 72.8 Å². The standard InChI is InChI=1S/C27H29N3O3/c31-24(19-30-26(32)22-13-7-8-14-23(22)27(30)33)28-15-17-29(18-16-28)25(20-9-3-1-4-10-20)21-11-5-2-6-12-21/h1-12,22-23,25H,13-19H2. The number of piperazine rings is 1. The van der Waals surface area contributed by atoms with Gasteiger partial charge in [0.2, 0.25) is 17.7 Å². The molecule has 2 fully saturated rings. The number of carbonyl (C=O) groups excluding carboxylic acids is 3. The Morgan fingerprint density at radius 1 is 0.758 bits per heavy atom. The molecule has 2 aromatic carbocycles. The minimum atomic E-state index is -0.287. The van der Waals surface area contributed by atoms with E-state index in [0.29, 0.717) is 25.9 Å². The fraction of sp³-hybridized carbons (Fsp3) is 0.370. The van der Waals surface area contributed by atoms with E-state index in [1.54, 1.807) is 4.90 Å². The van der Waals surface area contributed by atoms with E-state index in [1.165, 1.54) is 16.0 Å². The van der Waals surface area contributed by atoms with Gasteiger partial charge in [-0.15, -0.1) is 0 Å². The van der Waals surface area contributed by atoms with Gasteiger partial charge in [0.05, 0.1) is 17.9 Å². The molecule has 33 heavy (non-hydrogen) atoms. The van der Waals surface area contributed by atoms with Crippen molar-refractivity contribution < 1.29 is 14.4 Å². The second-order valence-corrected chi connectivity index (χ2v) is 9.06. The summed E-state index contributed by atoms with van der Waals surface area (Å²) in [5.41, 5.74) is 2.46. The highest BCUT2D eigenvalue weighted by atomic mass is 16.2. The van der Waals surface area contributed by atoms with Crippen LogP contribution >= 0.6 is 0 Å². The first-order chi connectivity index (χ1) is 16.1. The molecule has 2 aliphatic heterocycles. The van der Waals surface area contributed by atoms with Gasteiger partial charge in [0.1, 0.15) is 6.54 Å². The number of allylic oxidation sites excluding steroid dienone is 2. The summed E-state index contributed by atoms with van der Waals surface area (Å²) in [4.78, 5) is 43.8. The molecule has 2 atom stereocenters. The number of rotatable bonds is 5. The maximum Gasteiger partial charge on any atom is 0.242 e. The van der Waals surface area contributed by atoms with Crippen molar-refractivity contribution >= 4 is 17.7 Å². The van der Waals surface area contributed by atoms with Gasteiger partial charge in [0.25, 0.3) is 0 Å². The minimum absolute atomic E-state index is 0.127. The largest absolute Gasteiger partial charge is 0.339 e. The highest BCUT2D eigenvalue weighted by molar-refractivity contribution is 6.07. The molecule has 3 amide bonds. The van der Waals surface area contributed by atoms with Crippen LogP contribution in [-0.2, 0) is 14.4 Å². The van der Waals surface area contributed by atoms with Crippen LogP contribution in [-0.4, -0.2) is 65.1 Å². The molecule has 2 unspecified atom stereocenters. The maximum absolute atomic E-state index is 13.0. The third kappa shape index (κ3) is 4.23. The summed E-state index contributed by atoms with van der Waals surface area (Å²) < 4.78 is 0. The number of nitrogens with zero attached hydrogens (tertiary/aromatic N) is 3. The Hall–Kier alpha value is -3.25. The lowest BCUT2D eigenvalue weighted by atomic mass is 9.85. The van der Waals surface area contributed by atoms with Crippen molar-refractivity contribution in [1.82, 2.24) is 14.7 Å². The molecule has 2 heterocycles. The van der Waals surface area contributed by atoms with Gasteiger partial charge < -0.3 is 4.90 Å². The summed E-state index contributed by atoms with van der Waals surface area (Å²) >= 11 is 0. The Labute approximate surface area is 194 Å². The Morgan fingerprint density at radius 3 is 1.73 bits per heavy atom. The summed E-state index contributed by atoms with van der Waals surface area (Å²) in [6, 6.07) is 21.0. The monoisotopic (exact) mass is 443 g/mol. The van der Waals surface area contributed by atoms with Crippen LogP contribution in [0.1, 0.15) is 30.0 Å². The van der Waals surface area contributed by atoms with E-state index in [2.05, 4.69) is 53.4 Å². The minimum Gasteiger partial charge on any atom is -0.339 e. The number of fused-ring (bicyclic) bond motifs is 1. The van der Waals surface area contributed by atoms with E-state index in [-0.39, 0.29) is 42.1 Å². The van der Waals surface area contributed by atoms with Gasteiger partial charge in [-0.2, -0.15) is 0 Å². The Morgan fingerprint density at radius 2 is 1.24 bits per heavy atom. The van der Waals surface area contributed by atoms with Gasteiger partial charge in [-0.25, -0.2) is 0 Å². The molecule has 6 nitrogen and oxygen atoms in total. The summed E-state index contributed by atoms with van der Waals surface area (Å²) in [5, 5.41) is 0. The first kappa shape index (κ1) is 21.6. The zero-order valence-electron chi connectivity index (χ0n) is 18.7. The van der Waals surface area contributed by atoms with Crippen molar-refractivity contribution in [3.05, 3.63) is 83.9 Å². The molecule has 1 aliphatic carbocycles. The smallest absolute Gasteiger partial charge is 0.242 e. The van der Waals surface area contributed by atoms with Crippen molar-refractivity contribution in [3.63, 3.8) is 0 Å². The molecule has 0 aromatic heterocycles. The van der Waals surface area contributed by atoms with Crippen LogP contribution in [0.2, 0.25) is 0 Å². The molecule has 0 radical (unpaired) electrons. The molecule has 0 bridgehead atoms. The quantitative estimate of drug-likeness (QED) is 0.527. The van der Waals surface area contributed by atoms with Crippen molar-refractivity contribution in [2.75, 3.05) is 32.7 Å². The van der Waals surface area contributed by atoms with Crippen molar-refractivity contribution in [2.24, 2.45) is 11.8 Å². The van der Waals surface area contributed by atoms with Gasteiger partial charge in [0, 0.05) is 26.2 Å². The molecule has 3 aliphatic rings. The Bertz CT molecular complexity index is 979. The molecule has 2 saturated heterocycles. The number of likely N-dealkylation sites (tertiary alicyclic amines) is 1. The number of hydrogen-bond donors (Lipinski definition) is 0. The molecule has 170 valence electrons. The summed E-state index contributed by atoms with van der Waals surface area (Å²) in [7, 11) is 0. The third-order valence-electron chi connectivity index (χ3n) is 7.15. The zero-order chi connectivity index (χ0) is 22.8. The van der Waals surface area contributed by atoms with Crippen LogP contribution in [0.4, 0.5) is 0 Å². The normalized spacial score (nSPS) is 23.3. The Balaban J connectivity index is 1.24. The predicted molar refractivity (Wildman–Crippen MR) is 125 cm³/mol. The van der Waals surface area contributed by atoms with Crippen LogP contribution in [0.15, 0.2) is 72.8 Å². The summed E-state index contributed by atoms with van der Waals surface area (Å²) in [5.74, 6) is -1.09. The van der Waals surface area contributed by atoms with E-state index in [4.69, 9.17) is 0 Å². The average Bonchev–Trinajstić information content (AvgIpc) is 3.11.